The predicted octanol–water partition coefficient (Wildman–Crippen LogP) is 0.699. The second kappa shape index (κ2) is 5.26. The van der Waals surface area contributed by atoms with E-state index < -0.39 is 11.4 Å². The summed E-state index contributed by atoms with van der Waals surface area (Å²) in [6.07, 6.45) is 3.97. The number of amides is 1. The Morgan fingerprint density at radius 1 is 1.39 bits per heavy atom. The number of carboxylic acids is 1. The Hall–Kier alpha value is -1.10. The summed E-state index contributed by atoms with van der Waals surface area (Å²) < 4.78 is 0. The normalized spacial score (nSPS) is 26.5. The number of nitrogens with zero attached hydrogens (tertiary/aromatic N) is 1. The SMILES string of the molecule is CNCC1CCCN(C(=O)C2(C(=O)O)CCC2)C1. The molecule has 1 saturated heterocycles. The van der Waals surface area contributed by atoms with Gasteiger partial charge in [-0.15, -0.1) is 0 Å². The number of likely N-dealkylation sites (tertiary alicyclic amines) is 1. The van der Waals surface area contributed by atoms with Crippen molar-refractivity contribution < 1.29 is 14.7 Å². The summed E-state index contributed by atoms with van der Waals surface area (Å²) in [7, 11) is 1.91. The average molecular weight is 254 g/mol. The Balaban J connectivity index is 2.02. The first-order valence-corrected chi connectivity index (χ1v) is 6.77. The lowest BCUT2D eigenvalue weighted by molar-refractivity contribution is -0.168. The minimum Gasteiger partial charge on any atom is -0.480 e. The van der Waals surface area contributed by atoms with Crippen LogP contribution in [0.15, 0.2) is 0 Å². The van der Waals surface area contributed by atoms with E-state index in [1.54, 1.807) is 4.90 Å². The van der Waals surface area contributed by atoms with Crippen LogP contribution in [0.25, 0.3) is 0 Å². The number of hydrogen-bond acceptors (Lipinski definition) is 3. The van der Waals surface area contributed by atoms with Gasteiger partial charge < -0.3 is 15.3 Å². The maximum absolute atomic E-state index is 12.4. The van der Waals surface area contributed by atoms with Crippen LogP contribution in [0.5, 0.6) is 0 Å². The molecular weight excluding hydrogens is 232 g/mol. The third-order valence-electron chi connectivity index (χ3n) is 4.32. The third kappa shape index (κ3) is 2.23. The minimum absolute atomic E-state index is 0.151. The lowest BCUT2D eigenvalue weighted by atomic mass is 9.67. The summed E-state index contributed by atoms with van der Waals surface area (Å²) in [5.74, 6) is -0.629. The van der Waals surface area contributed by atoms with E-state index in [4.69, 9.17) is 0 Å². The number of carbonyl (C=O) groups is 2. The molecule has 2 fully saturated rings. The van der Waals surface area contributed by atoms with Gasteiger partial charge in [-0.25, -0.2) is 0 Å². The second-order valence-corrected chi connectivity index (χ2v) is 5.56. The van der Waals surface area contributed by atoms with Crippen molar-refractivity contribution in [1.29, 1.82) is 0 Å². The van der Waals surface area contributed by atoms with Crippen molar-refractivity contribution in [3.8, 4) is 0 Å². The molecule has 1 aliphatic heterocycles. The number of aliphatic carboxylic acids is 1. The van der Waals surface area contributed by atoms with Crippen molar-refractivity contribution in [1.82, 2.24) is 10.2 Å². The molecule has 102 valence electrons. The van der Waals surface area contributed by atoms with Crippen LogP contribution in [0.1, 0.15) is 32.1 Å². The van der Waals surface area contributed by atoms with E-state index in [1.165, 1.54) is 0 Å². The predicted molar refractivity (Wildman–Crippen MR) is 67.2 cm³/mol. The highest BCUT2D eigenvalue weighted by Crippen LogP contribution is 2.43. The van der Waals surface area contributed by atoms with Crippen molar-refractivity contribution in [2.24, 2.45) is 11.3 Å². The number of carbonyl (C=O) groups excluding carboxylic acids is 1. The maximum Gasteiger partial charge on any atom is 0.319 e. The first-order chi connectivity index (χ1) is 8.60. The highest BCUT2D eigenvalue weighted by atomic mass is 16.4. The molecule has 1 unspecified atom stereocenters. The number of carboxylic acid groups (broad SMARTS) is 1. The molecule has 18 heavy (non-hydrogen) atoms. The van der Waals surface area contributed by atoms with Crippen LogP contribution in [0.4, 0.5) is 0 Å². The van der Waals surface area contributed by atoms with Gasteiger partial charge in [0.25, 0.3) is 0 Å². The largest absolute Gasteiger partial charge is 0.480 e. The molecule has 0 radical (unpaired) electrons. The van der Waals surface area contributed by atoms with Gasteiger partial charge in [0.15, 0.2) is 0 Å². The van der Waals surface area contributed by atoms with Crippen molar-refractivity contribution in [2.75, 3.05) is 26.7 Å². The fourth-order valence-corrected chi connectivity index (χ4v) is 3.06. The fourth-order valence-electron chi connectivity index (χ4n) is 3.06. The number of nitrogens with one attached hydrogen (secondary N) is 1. The highest BCUT2D eigenvalue weighted by Gasteiger charge is 2.53. The molecule has 1 atom stereocenters. The van der Waals surface area contributed by atoms with Gasteiger partial charge in [0.05, 0.1) is 0 Å². The molecule has 0 aromatic carbocycles. The zero-order valence-electron chi connectivity index (χ0n) is 10.9. The van der Waals surface area contributed by atoms with Gasteiger partial charge in [-0.1, -0.05) is 6.42 Å². The van der Waals surface area contributed by atoms with Crippen molar-refractivity contribution >= 4 is 11.9 Å². The van der Waals surface area contributed by atoms with Crippen molar-refractivity contribution in [2.45, 2.75) is 32.1 Å². The van der Waals surface area contributed by atoms with Gasteiger partial charge in [0.1, 0.15) is 5.41 Å². The quantitative estimate of drug-likeness (QED) is 0.725. The molecule has 1 saturated carbocycles. The zero-order chi connectivity index (χ0) is 13.2. The summed E-state index contributed by atoms with van der Waals surface area (Å²) in [5.41, 5.74) is -1.10. The first kappa shape index (κ1) is 13.3. The Kier molecular flexibility index (Phi) is 3.90. The molecule has 0 spiro atoms. The first-order valence-electron chi connectivity index (χ1n) is 6.77. The topological polar surface area (TPSA) is 69.6 Å². The number of piperidine rings is 1. The second-order valence-electron chi connectivity index (χ2n) is 5.56. The van der Waals surface area contributed by atoms with E-state index in [0.717, 1.165) is 25.8 Å². The van der Waals surface area contributed by atoms with E-state index in [0.29, 0.717) is 31.8 Å². The van der Waals surface area contributed by atoms with E-state index in [-0.39, 0.29) is 5.91 Å². The average Bonchev–Trinajstić information content (AvgIpc) is 2.27. The molecule has 0 aromatic heterocycles. The Morgan fingerprint density at radius 2 is 2.11 bits per heavy atom. The minimum atomic E-state index is -1.10. The van der Waals surface area contributed by atoms with E-state index >= 15 is 0 Å². The highest BCUT2D eigenvalue weighted by molar-refractivity contribution is 6.02. The molecule has 2 aliphatic rings. The molecule has 2 N–H and O–H groups in total. The summed E-state index contributed by atoms with van der Waals surface area (Å²) in [6, 6.07) is 0. The van der Waals surface area contributed by atoms with Gasteiger partial charge in [-0.2, -0.15) is 0 Å². The Morgan fingerprint density at radius 3 is 2.61 bits per heavy atom. The van der Waals surface area contributed by atoms with E-state index in [9.17, 15) is 14.7 Å². The Bertz CT molecular complexity index is 337. The van der Waals surface area contributed by atoms with Crippen molar-refractivity contribution in [3.05, 3.63) is 0 Å². The number of rotatable bonds is 4. The standard InChI is InChI=1S/C13H22N2O3/c1-14-8-10-4-2-7-15(9-10)11(16)13(12(17)18)5-3-6-13/h10,14H,2-9H2,1H3,(H,17,18). The van der Waals surface area contributed by atoms with Gasteiger partial charge in [-0.05, 0) is 45.2 Å². The molecule has 1 heterocycles. The van der Waals surface area contributed by atoms with E-state index in [1.807, 2.05) is 7.05 Å². The van der Waals surface area contributed by atoms with Crippen molar-refractivity contribution in [3.63, 3.8) is 0 Å². The molecule has 2 rings (SSSR count). The van der Waals surface area contributed by atoms with E-state index in [2.05, 4.69) is 5.32 Å². The third-order valence-corrected chi connectivity index (χ3v) is 4.32. The number of hydrogen-bond donors (Lipinski definition) is 2. The van der Waals surface area contributed by atoms with Crippen LogP contribution in [0, 0.1) is 11.3 Å². The molecule has 0 aromatic rings. The van der Waals surface area contributed by atoms with Gasteiger partial charge in [-0.3, -0.25) is 9.59 Å². The van der Waals surface area contributed by atoms with Crippen LogP contribution >= 0.6 is 0 Å². The lowest BCUT2D eigenvalue weighted by Gasteiger charge is -2.42. The van der Waals surface area contributed by atoms with Gasteiger partial charge in [0.2, 0.25) is 5.91 Å². The van der Waals surface area contributed by atoms with Crippen LogP contribution in [-0.4, -0.2) is 48.6 Å². The lowest BCUT2D eigenvalue weighted by Crippen LogP contribution is -2.55. The molecule has 5 heteroatoms. The maximum atomic E-state index is 12.4. The molecule has 0 bridgehead atoms. The summed E-state index contributed by atoms with van der Waals surface area (Å²) in [4.78, 5) is 25.5. The molecule has 1 amide bonds. The zero-order valence-corrected chi connectivity index (χ0v) is 10.9. The molecular formula is C13H22N2O3. The van der Waals surface area contributed by atoms with Crippen LogP contribution < -0.4 is 5.32 Å². The summed E-state index contributed by atoms with van der Waals surface area (Å²) in [5, 5.41) is 12.4. The van der Waals surface area contributed by atoms with Crippen LogP contribution in [0.2, 0.25) is 0 Å². The van der Waals surface area contributed by atoms with Crippen LogP contribution in [-0.2, 0) is 9.59 Å². The molecule has 1 aliphatic carbocycles. The van der Waals surface area contributed by atoms with Gasteiger partial charge >= 0.3 is 5.97 Å². The smallest absolute Gasteiger partial charge is 0.319 e. The summed E-state index contributed by atoms with van der Waals surface area (Å²) in [6.45, 7) is 2.31. The monoisotopic (exact) mass is 254 g/mol. The molecule has 5 nitrogen and oxygen atoms in total. The fraction of sp³-hybridized carbons (Fsp3) is 0.846. The summed E-state index contributed by atoms with van der Waals surface area (Å²) >= 11 is 0. The Labute approximate surface area is 108 Å². The van der Waals surface area contributed by atoms with Crippen LogP contribution in [0.3, 0.4) is 0 Å². The van der Waals surface area contributed by atoms with Gasteiger partial charge in [0, 0.05) is 13.1 Å².